The van der Waals surface area contributed by atoms with Crippen molar-refractivity contribution in [1.82, 2.24) is 10.6 Å². The summed E-state index contributed by atoms with van der Waals surface area (Å²) in [6.07, 6.45) is 1.73. The molecule has 2 atom stereocenters. The lowest BCUT2D eigenvalue weighted by Crippen LogP contribution is -2.53. The minimum atomic E-state index is -0.951. The van der Waals surface area contributed by atoms with Gasteiger partial charge >= 0.3 is 12.0 Å². The molecule has 7 heteroatoms. The summed E-state index contributed by atoms with van der Waals surface area (Å²) in [5.74, 6) is -1.46. The fraction of sp³-hybridized carbons (Fsp3) is 0.750. The Balaban J connectivity index is 2.51. The van der Waals surface area contributed by atoms with Crippen LogP contribution in [0.1, 0.15) is 33.1 Å². The lowest BCUT2D eigenvalue weighted by atomic mass is 10.0. The Labute approximate surface area is 111 Å². The number of carboxylic acid groups (broad SMARTS) is 1. The number of hydrogen-bond acceptors (Lipinski definition) is 3. The molecule has 108 valence electrons. The van der Waals surface area contributed by atoms with Crippen LogP contribution in [-0.4, -0.2) is 35.1 Å². The molecule has 0 aromatic carbocycles. The molecule has 0 bridgehead atoms. The average Bonchev–Trinajstić information content (AvgIpc) is 3.07. The summed E-state index contributed by atoms with van der Waals surface area (Å²) >= 11 is 0. The van der Waals surface area contributed by atoms with E-state index in [1.165, 1.54) is 0 Å². The molecule has 1 aliphatic rings. The van der Waals surface area contributed by atoms with Crippen LogP contribution in [0.4, 0.5) is 4.79 Å². The molecule has 1 saturated carbocycles. The van der Waals surface area contributed by atoms with Gasteiger partial charge in [-0.25, -0.2) is 4.79 Å². The summed E-state index contributed by atoms with van der Waals surface area (Å²) in [4.78, 5) is 33.7. The maximum atomic E-state index is 11.8. The summed E-state index contributed by atoms with van der Waals surface area (Å²) in [5.41, 5.74) is 5.19. The number of nitrogens with two attached hydrogens (primary N) is 1. The van der Waals surface area contributed by atoms with E-state index < -0.39 is 30.0 Å². The van der Waals surface area contributed by atoms with Gasteiger partial charge in [0, 0.05) is 6.04 Å². The molecule has 3 amide bonds. The van der Waals surface area contributed by atoms with Gasteiger partial charge in [-0.15, -0.1) is 0 Å². The van der Waals surface area contributed by atoms with Crippen molar-refractivity contribution in [3.8, 4) is 0 Å². The third-order valence-electron chi connectivity index (χ3n) is 3.16. The van der Waals surface area contributed by atoms with Crippen molar-refractivity contribution in [2.24, 2.45) is 17.6 Å². The Kier molecular flexibility index (Phi) is 5.14. The molecule has 0 aromatic rings. The van der Waals surface area contributed by atoms with E-state index in [9.17, 15) is 14.4 Å². The number of nitrogens with one attached hydrogen (secondary N) is 2. The van der Waals surface area contributed by atoms with E-state index in [0.29, 0.717) is 0 Å². The third-order valence-corrected chi connectivity index (χ3v) is 3.16. The van der Waals surface area contributed by atoms with Gasteiger partial charge < -0.3 is 21.5 Å². The number of urea groups is 1. The van der Waals surface area contributed by atoms with Gasteiger partial charge in [-0.2, -0.15) is 0 Å². The topological polar surface area (TPSA) is 122 Å². The number of carbonyl (C=O) groups excluding carboxylic acids is 2. The van der Waals surface area contributed by atoms with Crippen LogP contribution in [0.25, 0.3) is 0 Å². The summed E-state index contributed by atoms with van der Waals surface area (Å²) in [5, 5.41) is 13.9. The largest absolute Gasteiger partial charge is 0.481 e. The zero-order valence-electron chi connectivity index (χ0n) is 11.2. The van der Waals surface area contributed by atoms with Crippen LogP contribution in [0.5, 0.6) is 0 Å². The van der Waals surface area contributed by atoms with Gasteiger partial charge in [0.25, 0.3) is 0 Å². The minimum Gasteiger partial charge on any atom is -0.481 e. The highest BCUT2D eigenvalue weighted by atomic mass is 16.4. The quantitative estimate of drug-likeness (QED) is 0.522. The molecule has 5 N–H and O–H groups in total. The molecule has 2 unspecified atom stereocenters. The lowest BCUT2D eigenvalue weighted by Gasteiger charge is -2.22. The first-order valence-electron chi connectivity index (χ1n) is 6.39. The molecule has 0 saturated heterocycles. The fourth-order valence-electron chi connectivity index (χ4n) is 1.94. The van der Waals surface area contributed by atoms with Gasteiger partial charge in [0.2, 0.25) is 5.91 Å². The smallest absolute Gasteiger partial charge is 0.315 e. The highest BCUT2D eigenvalue weighted by Gasteiger charge is 2.34. The minimum absolute atomic E-state index is 0.110. The van der Waals surface area contributed by atoms with E-state index in [2.05, 4.69) is 10.6 Å². The van der Waals surface area contributed by atoms with Crippen molar-refractivity contribution in [3.63, 3.8) is 0 Å². The first kappa shape index (κ1) is 15.3. The molecule has 7 nitrogen and oxygen atoms in total. The number of primary amides is 1. The van der Waals surface area contributed by atoms with Gasteiger partial charge in [0.1, 0.15) is 6.04 Å². The number of hydrogen-bond donors (Lipinski definition) is 4. The maximum absolute atomic E-state index is 11.8. The van der Waals surface area contributed by atoms with E-state index in [-0.39, 0.29) is 18.3 Å². The van der Waals surface area contributed by atoms with Crippen molar-refractivity contribution >= 4 is 17.9 Å². The average molecular weight is 271 g/mol. The molecule has 0 radical (unpaired) electrons. The van der Waals surface area contributed by atoms with E-state index >= 15 is 0 Å². The molecule has 1 rings (SSSR count). The Morgan fingerprint density at radius 1 is 1.26 bits per heavy atom. The molecular weight excluding hydrogens is 250 g/mol. The summed E-state index contributed by atoms with van der Waals surface area (Å²) < 4.78 is 0. The second-order valence-electron chi connectivity index (χ2n) is 5.28. The van der Waals surface area contributed by atoms with Crippen LogP contribution < -0.4 is 16.4 Å². The second-order valence-corrected chi connectivity index (χ2v) is 5.28. The Morgan fingerprint density at radius 2 is 1.84 bits per heavy atom. The van der Waals surface area contributed by atoms with E-state index in [1.807, 2.05) is 0 Å². The number of carbonyl (C=O) groups is 3. The van der Waals surface area contributed by atoms with Crippen molar-refractivity contribution in [3.05, 3.63) is 0 Å². The summed E-state index contributed by atoms with van der Waals surface area (Å²) in [6, 6.07) is -1.70. The van der Waals surface area contributed by atoms with Crippen molar-refractivity contribution < 1.29 is 19.5 Å². The van der Waals surface area contributed by atoms with Gasteiger partial charge in [0.05, 0.1) is 6.42 Å². The zero-order valence-corrected chi connectivity index (χ0v) is 11.2. The van der Waals surface area contributed by atoms with Gasteiger partial charge in [-0.05, 0) is 24.7 Å². The molecule has 1 fully saturated rings. The van der Waals surface area contributed by atoms with Crippen molar-refractivity contribution in [1.29, 1.82) is 0 Å². The number of carboxylic acids is 1. The number of aliphatic carboxylic acids is 1. The lowest BCUT2D eigenvalue weighted by molar-refractivity contribution is -0.137. The molecule has 0 aliphatic heterocycles. The van der Waals surface area contributed by atoms with Gasteiger partial charge in [0.15, 0.2) is 0 Å². The van der Waals surface area contributed by atoms with Crippen LogP contribution in [-0.2, 0) is 9.59 Å². The SMILES string of the molecule is CC(C)C(NC(=O)NC(CC(=O)O)C1CC1)C(N)=O. The van der Waals surface area contributed by atoms with Crippen molar-refractivity contribution in [2.75, 3.05) is 0 Å². The number of amides is 3. The predicted molar refractivity (Wildman–Crippen MR) is 68.3 cm³/mol. The number of rotatable bonds is 7. The van der Waals surface area contributed by atoms with Crippen LogP contribution in [0, 0.1) is 11.8 Å². The highest BCUT2D eigenvalue weighted by molar-refractivity contribution is 5.86. The van der Waals surface area contributed by atoms with Crippen molar-refractivity contribution in [2.45, 2.75) is 45.2 Å². The molecule has 1 aliphatic carbocycles. The van der Waals surface area contributed by atoms with Crippen LogP contribution in [0.3, 0.4) is 0 Å². The molecule has 0 aromatic heterocycles. The third kappa shape index (κ3) is 5.15. The second kappa shape index (κ2) is 6.40. The Hall–Kier alpha value is -1.79. The normalized spacial score (nSPS) is 17.6. The van der Waals surface area contributed by atoms with Gasteiger partial charge in [-0.1, -0.05) is 13.8 Å². The highest BCUT2D eigenvalue weighted by Crippen LogP contribution is 2.33. The van der Waals surface area contributed by atoms with Crippen LogP contribution in [0.2, 0.25) is 0 Å². The van der Waals surface area contributed by atoms with Crippen LogP contribution in [0.15, 0.2) is 0 Å². The summed E-state index contributed by atoms with van der Waals surface area (Å²) in [6.45, 7) is 3.54. The van der Waals surface area contributed by atoms with E-state index in [1.54, 1.807) is 13.8 Å². The first-order valence-corrected chi connectivity index (χ1v) is 6.39. The van der Waals surface area contributed by atoms with Gasteiger partial charge in [-0.3, -0.25) is 9.59 Å². The molecule has 0 heterocycles. The zero-order chi connectivity index (χ0) is 14.6. The summed E-state index contributed by atoms with van der Waals surface area (Å²) in [7, 11) is 0. The van der Waals surface area contributed by atoms with E-state index in [4.69, 9.17) is 10.8 Å². The van der Waals surface area contributed by atoms with E-state index in [0.717, 1.165) is 12.8 Å². The Morgan fingerprint density at radius 3 is 2.21 bits per heavy atom. The Bertz CT molecular complexity index is 366. The maximum Gasteiger partial charge on any atom is 0.315 e. The molecule has 19 heavy (non-hydrogen) atoms. The fourth-order valence-corrected chi connectivity index (χ4v) is 1.94. The molecular formula is C12H21N3O4. The van der Waals surface area contributed by atoms with Crippen LogP contribution >= 0.6 is 0 Å². The predicted octanol–water partition coefficient (Wildman–Crippen LogP) is 0.0488. The first-order chi connectivity index (χ1) is 8.81. The monoisotopic (exact) mass is 271 g/mol. The molecule has 0 spiro atoms. The standard InChI is InChI=1S/C12H21N3O4/c1-6(2)10(11(13)18)15-12(19)14-8(5-9(16)17)7-3-4-7/h6-8,10H,3-5H2,1-2H3,(H2,13,18)(H,16,17)(H2,14,15,19).